The zero-order chi connectivity index (χ0) is 11.8. The van der Waals surface area contributed by atoms with Gasteiger partial charge in [0.2, 0.25) is 0 Å². The van der Waals surface area contributed by atoms with E-state index in [0.717, 1.165) is 24.8 Å². The molecule has 1 aliphatic carbocycles. The molecule has 0 radical (unpaired) electrons. The average molecular weight is 233 g/mol. The van der Waals surface area contributed by atoms with Crippen molar-refractivity contribution < 1.29 is 0 Å². The predicted octanol–water partition coefficient (Wildman–Crippen LogP) is 2.81. The second-order valence-electron chi connectivity index (χ2n) is 4.81. The maximum atomic E-state index is 4.00. The average Bonchev–Trinajstić information content (AvgIpc) is 2.65. The number of pyridine rings is 1. The van der Waals surface area contributed by atoms with Crippen molar-refractivity contribution in [1.82, 2.24) is 10.3 Å². The second kappa shape index (κ2) is 7.28. The van der Waals surface area contributed by atoms with Crippen molar-refractivity contribution in [2.75, 3.05) is 18.4 Å². The summed E-state index contributed by atoms with van der Waals surface area (Å²) in [5.74, 6) is 0. The van der Waals surface area contributed by atoms with Gasteiger partial charge in [0.25, 0.3) is 0 Å². The Balaban J connectivity index is 1.59. The monoisotopic (exact) mass is 233 g/mol. The Labute approximate surface area is 104 Å². The van der Waals surface area contributed by atoms with Gasteiger partial charge in [0.05, 0.1) is 0 Å². The first-order valence-electron chi connectivity index (χ1n) is 6.82. The topological polar surface area (TPSA) is 37.0 Å². The van der Waals surface area contributed by atoms with Gasteiger partial charge in [-0.1, -0.05) is 25.7 Å². The third-order valence-corrected chi connectivity index (χ3v) is 3.42. The maximum absolute atomic E-state index is 4.00. The van der Waals surface area contributed by atoms with Crippen LogP contribution in [-0.4, -0.2) is 24.1 Å². The van der Waals surface area contributed by atoms with Crippen molar-refractivity contribution in [1.29, 1.82) is 0 Å². The number of hydrogen-bond donors (Lipinski definition) is 2. The summed E-state index contributed by atoms with van der Waals surface area (Å²) in [5, 5.41) is 7.05. The van der Waals surface area contributed by atoms with Crippen molar-refractivity contribution in [3.05, 3.63) is 24.5 Å². The first-order valence-corrected chi connectivity index (χ1v) is 6.82. The molecule has 1 aliphatic rings. The van der Waals surface area contributed by atoms with E-state index in [2.05, 4.69) is 15.6 Å². The highest BCUT2D eigenvalue weighted by atomic mass is 15.0. The SMILES string of the molecule is c1cc(NCCNC2CCCCCC2)ccn1. The number of anilines is 1. The Morgan fingerprint density at radius 1 is 1.00 bits per heavy atom. The zero-order valence-electron chi connectivity index (χ0n) is 10.5. The summed E-state index contributed by atoms with van der Waals surface area (Å²) in [4.78, 5) is 4.00. The first kappa shape index (κ1) is 12.4. The van der Waals surface area contributed by atoms with Gasteiger partial charge in [-0.15, -0.1) is 0 Å². The molecule has 0 aliphatic heterocycles. The van der Waals surface area contributed by atoms with Gasteiger partial charge in [0, 0.05) is 37.2 Å². The normalized spacial score (nSPS) is 17.6. The van der Waals surface area contributed by atoms with Crippen LogP contribution in [0.5, 0.6) is 0 Å². The fourth-order valence-corrected chi connectivity index (χ4v) is 2.44. The number of nitrogens with one attached hydrogen (secondary N) is 2. The summed E-state index contributed by atoms with van der Waals surface area (Å²) in [5.41, 5.74) is 1.16. The lowest BCUT2D eigenvalue weighted by atomic mass is 10.1. The van der Waals surface area contributed by atoms with Crippen molar-refractivity contribution in [3.63, 3.8) is 0 Å². The summed E-state index contributed by atoms with van der Waals surface area (Å²) < 4.78 is 0. The van der Waals surface area contributed by atoms with E-state index in [-0.39, 0.29) is 0 Å². The van der Waals surface area contributed by atoms with E-state index in [0.29, 0.717) is 0 Å². The minimum absolute atomic E-state index is 0.747. The van der Waals surface area contributed by atoms with Crippen LogP contribution < -0.4 is 10.6 Å². The van der Waals surface area contributed by atoms with Crippen LogP contribution in [0.25, 0.3) is 0 Å². The lowest BCUT2D eigenvalue weighted by Crippen LogP contribution is -2.32. The maximum Gasteiger partial charge on any atom is 0.0371 e. The lowest BCUT2D eigenvalue weighted by molar-refractivity contribution is 0.468. The van der Waals surface area contributed by atoms with Crippen LogP contribution in [0, 0.1) is 0 Å². The number of nitrogens with zero attached hydrogens (tertiary/aromatic N) is 1. The summed E-state index contributed by atoms with van der Waals surface area (Å²) in [6.45, 7) is 2.04. The Hall–Kier alpha value is -1.09. The Kier molecular flexibility index (Phi) is 5.30. The smallest absolute Gasteiger partial charge is 0.0371 e. The molecular formula is C14H23N3. The van der Waals surface area contributed by atoms with E-state index in [1.165, 1.54) is 38.5 Å². The summed E-state index contributed by atoms with van der Waals surface area (Å²) in [7, 11) is 0. The van der Waals surface area contributed by atoms with Gasteiger partial charge >= 0.3 is 0 Å². The quantitative estimate of drug-likeness (QED) is 0.606. The summed E-state index contributed by atoms with van der Waals surface area (Å²) >= 11 is 0. The minimum Gasteiger partial charge on any atom is -0.384 e. The molecule has 17 heavy (non-hydrogen) atoms. The molecule has 94 valence electrons. The van der Waals surface area contributed by atoms with Crippen LogP contribution in [0.1, 0.15) is 38.5 Å². The fraction of sp³-hybridized carbons (Fsp3) is 0.643. The second-order valence-corrected chi connectivity index (χ2v) is 4.81. The van der Waals surface area contributed by atoms with Crippen LogP contribution >= 0.6 is 0 Å². The van der Waals surface area contributed by atoms with E-state index >= 15 is 0 Å². The molecule has 2 rings (SSSR count). The van der Waals surface area contributed by atoms with Gasteiger partial charge in [0.1, 0.15) is 0 Å². The first-order chi connectivity index (χ1) is 8.45. The molecule has 3 nitrogen and oxygen atoms in total. The van der Waals surface area contributed by atoms with Gasteiger partial charge in [-0.3, -0.25) is 4.98 Å². The molecule has 0 atom stereocenters. The van der Waals surface area contributed by atoms with Crippen molar-refractivity contribution in [2.24, 2.45) is 0 Å². The van der Waals surface area contributed by atoms with Gasteiger partial charge in [0.15, 0.2) is 0 Å². The third-order valence-electron chi connectivity index (χ3n) is 3.42. The standard InChI is InChI=1S/C14H23N3/c1-2-4-6-13(5-3-1)16-11-12-17-14-7-9-15-10-8-14/h7-10,13,16H,1-6,11-12H2,(H,15,17). The van der Waals surface area contributed by atoms with Gasteiger partial charge in [-0.2, -0.15) is 0 Å². The zero-order valence-corrected chi connectivity index (χ0v) is 10.5. The summed E-state index contributed by atoms with van der Waals surface area (Å²) in [6, 6.07) is 4.76. The van der Waals surface area contributed by atoms with Crippen LogP contribution in [-0.2, 0) is 0 Å². The highest BCUT2D eigenvalue weighted by Crippen LogP contribution is 2.16. The van der Waals surface area contributed by atoms with Crippen molar-refractivity contribution in [2.45, 2.75) is 44.6 Å². The lowest BCUT2D eigenvalue weighted by Gasteiger charge is -2.16. The molecule has 0 bridgehead atoms. The molecule has 0 unspecified atom stereocenters. The molecule has 0 saturated heterocycles. The molecule has 1 aromatic heterocycles. The van der Waals surface area contributed by atoms with E-state index in [1.807, 2.05) is 24.5 Å². The molecule has 1 aromatic rings. The fourth-order valence-electron chi connectivity index (χ4n) is 2.44. The van der Waals surface area contributed by atoms with Gasteiger partial charge < -0.3 is 10.6 Å². The van der Waals surface area contributed by atoms with Crippen LogP contribution in [0.15, 0.2) is 24.5 Å². The predicted molar refractivity (Wildman–Crippen MR) is 72.2 cm³/mol. The molecule has 3 heteroatoms. The van der Waals surface area contributed by atoms with Gasteiger partial charge in [-0.05, 0) is 25.0 Å². The van der Waals surface area contributed by atoms with Gasteiger partial charge in [-0.25, -0.2) is 0 Å². The number of aromatic nitrogens is 1. The Morgan fingerprint density at radius 3 is 2.41 bits per heavy atom. The Morgan fingerprint density at radius 2 is 1.71 bits per heavy atom. The Bertz CT molecular complexity index is 292. The molecule has 2 N–H and O–H groups in total. The third kappa shape index (κ3) is 4.73. The molecule has 0 aromatic carbocycles. The van der Waals surface area contributed by atoms with Crippen LogP contribution in [0.3, 0.4) is 0 Å². The van der Waals surface area contributed by atoms with E-state index in [9.17, 15) is 0 Å². The van der Waals surface area contributed by atoms with E-state index in [1.54, 1.807) is 0 Å². The highest BCUT2D eigenvalue weighted by Gasteiger charge is 2.10. The molecule has 1 fully saturated rings. The van der Waals surface area contributed by atoms with Crippen LogP contribution in [0.2, 0.25) is 0 Å². The highest BCUT2D eigenvalue weighted by molar-refractivity contribution is 5.40. The summed E-state index contributed by atoms with van der Waals surface area (Å²) in [6.07, 6.45) is 12.0. The largest absolute Gasteiger partial charge is 0.384 e. The number of rotatable bonds is 5. The minimum atomic E-state index is 0.747. The van der Waals surface area contributed by atoms with Crippen molar-refractivity contribution in [3.8, 4) is 0 Å². The molecule has 1 saturated carbocycles. The van der Waals surface area contributed by atoms with Crippen molar-refractivity contribution >= 4 is 5.69 Å². The molecule has 1 heterocycles. The molecular weight excluding hydrogens is 210 g/mol. The number of hydrogen-bond acceptors (Lipinski definition) is 3. The van der Waals surface area contributed by atoms with Crippen LogP contribution in [0.4, 0.5) is 5.69 Å². The van der Waals surface area contributed by atoms with E-state index in [4.69, 9.17) is 0 Å². The molecule has 0 amide bonds. The van der Waals surface area contributed by atoms with E-state index < -0.39 is 0 Å². The molecule has 0 spiro atoms.